The largest absolute Gasteiger partial charge is 0.481 e. The fourth-order valence-corrected chi connectivity index (χ4v) is 7.11. The molecule has 1 N–H and O–H groups in total. The molecule has 0 fully saturated rings. The third-order valence-corrected chi connectivity index (χ3v) is 8.40. The average Bonchev–Trinajstić information content (AvgIpc) is 2.67. The molecule has 25 heavy (non-hydrogen) atoms. The van der Waals surface area contributed by atoms with E-state index in [-0.39, 0.29) is 6.42 Å². The lowest BCUT2D eigenvalue weighted by Crippen LogP contribution is -2.27. The van der Waals surface area contributed by atoms with E-state index in [1.807, 2.05) is 18.2 Å². The van der Waals surface area contributed by atoms with Gasteiger partial charge in [0, 0.05) is 6.42 Å². The number of carboxylic acid groups (broad SMARTS) is 1. The van der Waals surface area contributed by atoms with Gasteiger partial charge >= 0.3 is 5.97 Å². The van der Waals surface area contributed by atoms with Crippen LogP contribution >= 0.6 is 6.89 Å². The van der Waals surface area contributed by atoms with Crippen LogP contribution in [0.3, 0.4) is 0 Å². The lowest BCUT2D eigenvalue weighted by atomic mass is 10.3. The molecule has 0 spiro atoms. The zero-order valence-electron chi connectivity index (χ0n) is 14.0. The smallest absolute Gasteiger partial charge is 0.303 e. The summed E-state index contributed by atoms with van der Waals surface area (Å²) >= 11 is 0. The highest BCUT2D eigenvalue weighted by Crippen LogP contribution is 2.43. The van der Waals surface area contributed by atoms with Crippen molar-refractivity contribution < 1.29 is 9.90 Å². The van der Waals surface area contributed by atoms with E-state index in [1.54, 1.807) is 0 Å². The van der Waals surface area contributed by atoms with Crippen molar-refractivity contribution >= 4 is 34.6 Å². The van der Waals surface area contributed by atoms with Crippen LogP contribution in [0.1, 0.15) is 12.8 Å². The molecule has 3 rings (SSSR count). The molecule has 3 aromatic carbocycles. The maximum absolute atomic E-state index is 11.1. The number of hydrogen-bond acceptors (Lipinski definition) is 1. The van der Waals surface area contributed by atoms with Gasteiger partial charge in [-0.3, -0.25) is 4.79 Å². The summed E-state index contributed by atoms with van der Waals surface area (Å²) in [5.41, 5.74) is 0. The summed E-state index contributed by atoms with van der Waals surface area (Å²) in [4.78, 5) is 11.1. The highest BCUT2D eigenvalue weighted by Gasteiger charge is 2.24. The molecule has 0 aliphatic carbocycles. The molecule has 0 radical (unpaired) electrons. The van der Waals surface area contributed by atoms with Gasteiger partial charge in [-0.1, -0.05) is 96.8 Å². The van der Waals surface area contributed by atoms with E-state index in [4.69, 9.17) is 5.11 Å². The Hall–Kier alpha value is -2.57. The Bertz CT molecular complexity index is 768. The molecule has 3 aromatic rings. The summed E-state index contributed by atoms with van der Waals surface area (Å²) in [5.74, 6) is 1.49. The Balaban J connectivity index is 2.30. The molecule has 126 valence electrons. The number of aliphatic carboxylic acids is 1. The van der Waals surface area contributed by atoms with Crippen molar-refractivity contribution in [3.05, 3.63) is 91.0 Å². The molecule has 0 unspecified atom stereocenters. The lowest BCUT2D eigenvalue weighted by molar-refractivity contribution is -0.136. The van der Waals surface area contributed by atoms with Crippen LogP contribution < -0.4 is 15.9 Å². The van der Waals surface area contributed by atoms with Gasteiger partial charge in [-0.15, -0.1) is 0 Å². The van der Waals surface area contributed by atoms with Crippen LogP contribution in [-0.2, 0) is 4.79 Å². The average molecular weight is 348 g/mol. The van der Waals surface area contributed by atoms with Gasteiger partial charge in [-0.2, -0.15) is 0 Å². The second-order valence-electron chi connectivity index (χ2n) is 5.84. The molecular weight excluding hydrogens is 327 g/mol. The Morgan fingerprint density at radius 3 is 1.40 bits per heavy atom. The van der Waals surface area contributed by atoms with Crippen molar-refractivity contribution in [2.45, 2.75) is 12.8 Å². The first kappa shape index (κ1) is 17.3. The highest BCUT2D eigenvalue weighted by molar-refractivity contribution is 7.94. The normalized spacial score (nSPS) is 11.0. The maximum Gasteiger partial charge on any atom is 0.303 e. The molecule has 0 atom stereocenters. The van der Waals surface area contributed by atoms with E-state index in [2.05, 4.69) is 78.6 Å². The molecular formula is C22H21O2P. The molecule has 0 aliphatic rings. The second-order valence-corrected chi connectivity index (χ2v) is 9.20. The predicted octanol–water partition coefficient (Wildman–Crippen LogP) is 3.65. The van der Waals surface area contributed by atoms with Crippen LogP contribution in [0.15, 0.2) is 91.0 Å². The minimum atomic E-state index is -2.00. The zero-order valence-corrected chi connectivity index (χ0v) is 14.8. The van der Waals surface area contributed by atoms with Gasteiger partial charge < -0.3 is 5.11 Å². The van der Waals surface area contributed by atoms with Gasteiger partial charge in [0.05, 0.1) is 0 Å². The molecule has 0 aromatic heterocycles. The van der Waals surface area contributed by atoms with Gasteiger partial charge in [0.2, 0.25) is 0 Å². The molecule has 0 heterocycles. The summed E-state index contributed by atoms with van der Waals surface area (Å²) in [6.45, 7) is -2.00. The molecule has 3 heteroatoms. The molecule has 0 bridgehead atoms. The first-order chi connectivity index (χ1) is 12.2. The topological polar surface area (TPSA) is 37.3 Å². The van der Waals surface area contributed by atoms with Crippen molar-refractivity contribution in [2.24, 2.45) is 0 Å². The van der Waals surface area contributed by atoms with Gasteiger partial charge in [0.25, 0.3) is 0 Å². The number of carbonyl (C=O) groups is 1. The van der Waals surface area contributed by atoms with Gasteiger partial charge in [-0.25, -0.2) is 0 Å². The number of carboxylic acids is 1. The van der Waals surface area contributed by atoms with Crippen molar-refractivity contribution in [2.75, 3.05) is 0 Å². The van der Waals surface area contributed by atoms with Crippen LogP contribution in [0, 0.1) is 0 Å². The van der Waals surface area contributed by atoms with Crippen LogP contribution in [0.5, 0.6) is 0 Å². The highest BCUT2D eigenvalue weighted by atomic mass is 31.2. The third-order valence-electron chi connectivity index (χ3n) is 4.25. The standard InChI is InChI=1S/C22H21O2P/c23-22(24)17-10-18-25(19-11-4-1-5-12-19,20-13-6-2-7-14-20)21-15-8-3-9-16-21/h1-9,11-16,18H,10,17H2,(H,23,24). The predicted molar refractivity (Wildman–Crippen MR) is 108 cm³/mol. The summed E-state index contributed by atoms with van der Waals surface area (Å²) in [5, 5.41) is 12.9. The number of hydrogen-bond donors (Lipinski definition) is 1. The van der Waals surface area contributed by atoms with E-state index < -0.39 is 12.9 Å². The Labute approximate surface area is 148 Å². The van der Waals surface area contributed by atoms with Crippen molar-refractivity contribution in [3.63, 3.8) is 0 Å². The summed E-state index contributed by atoms with van der Waals surface area (Å²) in [6.07, 6.45) is 0.691. The van der Waals surface area contributed by atoms with E-state index in [1.165, 1.54) is 15.9 Å². The SMILES string of the molecule is O=C(O)CCC=P(c1ccccc1)(c1ccccc1)c1ccccc1. The molecule has 2 nitrogen and oxygen atoms in total. The number of benzene rings is 3. The fraction of sp³-hybridized carbons (Fsp3) is 0.0909. The van der Waals surface area contributed by atoms with E-state index in [0.717, 1.165) is 0 Å². The molecule has 0 amide bonds. The van der Waals surface area contributed by atoms with Crippen LogP contribution in [0.2, 0.25) is 0 Å². The summed E-state index contributed by atoms with van der Waals surface area (Å²) < 4.78 is 0. The lowest BCUT2D eigenvalue weighted by Gasteiger charge is -2.28. The minimum absolute atomic E-state index is 0.147. The fourth-order valence-electron chi connectivity index (χ4n) is 3.13. The van der Waals surface area contributed by atoms with Gasteiger partial charge in [-0.05, 0) is 29.2 Å². The third kappa shape index (κ3) is 3.75. The van der Waals surface area contributed by atoms with Crippen molar-refractivity contribution in [3.8, 4) is 0 Å². The second kappa shape index (κ2) is 8.00. The van der Waals surface area contributed by atoms with Gasteiger partial charge in [0.1, 0.15) is 0 Å². The molecule has 0 saturated heterocycles. The Morgan fingerprint density at radius 1 is 0.720 bits per heavy atom. The van der Waals surface area contributed by atoms with E-state index in [0.29, 0.717) is 6.42 Å². The van der Waals surface area contributed by atoms with Gasteiger partial charge in [0.15, 0.2) is 0 Å². The quantitative estimate of drug-likeness (QED) is 0.691. The van der Waals surface area contributed by atoms with Crippen LogP contribution in [0.25, 0.3) is 0 Å². The van der Waals surface area contributed by atoms with Crippen LogP contribution in [0.4, 0.5) is 0 Å². The molecule has 0 saturated carbocycles. The summed E-state index contributed by atoms with van der Waals surface area (Å²) in [6, 6.07) is 31.3. The van der Waals surface area contributed by atoms with E-state index >= 15 is 0 Å². The maximum atomic E-state index is 11.1. The Kier molecular flexibility index (Phi) is 5.53. The monoisotopic (exact) mass is 348 g/mol. The first-order valence-electron chi connectivity index (χ1n) is 8.35. The number of rotatable bonds is 6. The van der Waals surface area contributed by atoms with Crippen molar-refractivity contribution in [1.82, 2.24) is 0 Å². The first-order valence-corrected chi connectivity index (χ1v) is 10.2. The van der Waals surface area contributed by atoms with Crippen molar-refractivity contribution in [1.29, 1.82) is 0 Å². The summed E-state index contributed by atoms with van der Waals surface area (Å²) in [7, 11) is 0. The Morgan fingerprint density at radius 2 is 1.08 bits per heavy atom. The van der Waals surface area contributed by atoms with E-state index in [9.17, 15) is 4.79 Å². The zero-order chi connectivity index (χ0) is 17.5. The van der Waals surface area contributed by atoms with Crippen LogP contribution in [-0.4, -0.2) is 16.9 Å². The minimum Gasteiger partial charge on any atom is -0.481 e. The molecule has 0 aliphatic heterocycles.